The van der Waals surface area contributed by atoms with Crippen LogP contribution in [0.5, 0.6) is 0 Å². The molecule has 1 saturated carbocycles. The van der Waals surface area contributed by atoms with Gasteiger partial charge in [0.15, 0.2) is 0 Å². The molecule has 0 saturated heterocycles. The highest BCUT2D eigenvalue weighted by Crippen LogP contribution is 2.25. The average molecular weight is 283 g/mol. The van der Waals surface area contributed by atoms with Crippen LogP contribution in [0.25, 0.3) is 0 Å². The summed E-state index contributed by atoms with van der Waals surface area (Å²) in [6, 6.07) is 0. The highest BCUT2D eigenvalue weighted by molar-refractivity contribution is 5.79. The van der Waals surface area contributed by atoms with E-state index in [0.717, 1.165) is 25.7 Å². The Balaban J connectivity index is 2.45. The third-order valence-corrected chi connectivity index (χ3v) is 3.96. The summed E-state index contributed by atoms with van der Waals surface area (Å²) in [7, 11) is 0. The van der Waals surface area contributed by atoms with E-state index in [1.807, 2.05) is 20.8 Å². The smallest absolute Gasteiger partial charge is 0.308 e. The second kappa shape index (κ2) is 7.65. The summed E-state index contributed by atoms with van der Waals surface area (Å²) in [5, 5.41) is 12.1. The highest BCUT2D eigenvalue weighted by Gasteiger charge is 2.26. The number of nitrogens with one attached hydrogen (secondary N) is 1. The zero-order chi connectivity index (χ0) is 15.2. The third-order valence-electron chi connectivity index (χ3n) is 3.96. The molecule has 1 unspecified atom stereocenters. The minimum absolute atomic E-state index is 0.0455. The number of carboxylic acids is 1. The number of amides is 1. The van der Waals surface area contributed by atoms with Crippen LogP contribution in [0.3, 0.4) is 0 Å². The molecule has 0 bridgehead atoms. The zero-order valence-corrected chi connectivity index (χ0v) is 13.1. The Morgan fingerprint density at radius 3 is 2.15 bits per heavy atom. The van der Waals surface area contributed by atoms with Gasteiger partial charge in [0.2, 0.25) is 5.91 Å². The Morgan fingerprint density at radius 1 is 1.15 bits per heavy atom. The fraction of sp³-hybridized carbons (Fsp3) is 0.875. The topological polar surface area (TPSA) is 66.4 Å². The van der Waals surface area contributed by atoms with Crippen LogP contribution >= 0.6 is 0 Å². The third kappa shape index (κ3) is 6.40. The van der Waals surface area contributed by atoms with Crippen LogP contribution in [0.15, 0.2) is 0 Å². The van der Waals surface area contributed by atoms with Crippen LogP contribution in [0.4, 0.5) is 0 Å². The summed E-state index contributed by atoms with van der Waals surface area (Å²) >= 11 is 0. The number of carbonyl (C=O) groups is 2. The number of carbonyl (C=O) groups excluding carboxylic acids is 1. The number of hydrogen-bond acceptors (Lipinski definition) is 2. The predicted molar refractivity (Wildman–Crippen MR) is 79.4 cm³/mol. The quantitative estimate of drug-likeness (QED) is 0.761. The fourth-order valence-corrected chi connectivity index (χ4v) is 2.90. The van der Waals surface area contributed by atoms with Crippen LogP contribution < -0.4 is 5.32 Å². The van der Waals surface area contributed by atoms with Gasteiger partial charge in [0.1, 0.15) is 0 Å². The molecule has 116 valence electrons. The van der Waals surface area contributed by atoms with Gasteiger partial charge < -0.3 is 10.4 Å². The first-order chi connectivity index (χ1) is 9.29. The van der Waals surface area contributed by atoms with E-state index in [-0.39, 0.29) is 23.8 Å². The van der Waals surface area contributed by atoms with Crippen LogP contribution in [-0.2, 0) is 9.59 Å². The van der Waals surface area contributed by atoms with Crippen LogP contribution in [0.1, 0.15) is 65.7 Å². The van der Waals surface area contributed by atoms with E-state index in [9.17, 15) is 14.7 Å². The summed E-state index contributed by atoms with van der Waals surface area (Å²) in [5.41, 5.74) is -0.0455. The molecule has 1 amide bonds. The number of aliphatic carboxylic acids is 1. The second-order valence-corrected chi connectivity index (χ2v) is 7.23. The van der Waals surface area contributed by atoms with E-state index in [1.165, 1.54) is 12.8 Å². The minimum atomic E-state index is -0.818. The second-order valence-electron chi connectivity index (χ2n) is 7.23. The van der Waals surface area contributed by atoms with Gasteiger partial charge in [-0.05, 0) is 24.7 Å². The van der Waals surface area contributed by atoms with E-state index >= 15 is 0 Å². The fourth-order valence-electron chi connectivity index (χ4n) is 2.90. The largest absolute Gasteiger partial charge is 0.481 e. The Labute approximate surface area is 122 Å². The summed E-state index contributed by atoms with van der Waals surface area (Å²) in [4.78, 5) is 23.4. The lowest BCUT2D eigenvalue weighted by atomic mass is 9.84. The van der Waals surface area contributed by atoms with Crippen molar-refractivity contribution in [3.63, 3.8) is 0 Å². The van der Waals surface area contributed by atoms with Crippen molar-refractivity contribution in [2.75, 3.05) is 6.54 Å². The molecular formula is C16H29NO3. The van der Waals surface area contributed by atoms with E-state index in [1.54, 1.807) is 0 Å². The van der Waals surface area contributed by atoms with E-state index in [2.05, 4.69) is 5.32 Å². The Morgan fingerprint density at radius 2 is 1.70 bits per heavy atom. The van der Waals surface area contributed by atoms with Gasteiger partial charge in [0.25, 0.3) is 0 Å². The van der Waals surface area contributed by atoms with Gasteiger partial charge in [0.05, 0.1) is 5.92 Å². The molecule has 1 aliphatic carbocycles. The molecule has 0 spiro atoms. The van der Waals surface area contributed by atoms with Crippen molar-refractivity contribution in [1.29, 1.82) is 0 Å². The Hall–Kier alpha value is -1.06. The molecule has 0 aliphatic heterocycles. The SMILES string of the molecule is CC(C)(C)CC(CNC(=O)C1CCCCCC1)C(=O)O. The van der Waals surface area contributed by atoms with Gasteiger partial charge in [-0.1, -0.05) is 46.5 Å². The zero-order valence-electron chi connectivity index (χ0n) is 13.1. The van der Waals surface area contributed by atoms with Gasteiger partial charge in [-0.3, -0.25) is 9.59 Å². The summed E-state index contributed by atoms with van der Waals surface area (Å²) in [6.45, 7) is 6.32. The van der Waals surface area contributed by atoms with Crippen molar-refractivity contribution >= 4 is 11.9 Å². The first kappa shape index (κ1) is 17.0. The molecule has 0 aromatic heterocycles. The average Bonchev–Trinajstić information content (AvgIpc) is 2.61. The first-order valence-electron chi connectivity index (χ1n) is 7.80. The summed E-state index contributed by atoms with van der Waals surface area (Å²) in [5.74, 6) is -1.18. The Bertz CT molecular complexity index is 325. The lowest BCUT2D eigenvalue weighted by Gasteiger charge is -2.24. The predicted octanol–water partition coefficient (Wildman–Crippen LogP) is 3.21. The van der Waals surface area contributed by atoms with Gasteiger partial charge in [-0.25, -0.2) is 0 Å². The molecule has 0 heterocycles. The number of carboxylic acid groups (broad SMARTS) is 1. The maximum Gasteiger partial charge on any atom is 0.308 e. The molecule has 0 aromatic carbocycles. The highest BCUT2D eigenvalue weighted by atomic mass is 16.4. The molecule has 1 aliphatic rings. The van der Waals surface area contributed by atoms with Crippen molar-refractivity contribution < 1.29 is 14.7 Å². The normalized spacial score (nSPS) is 19.1. The molecular weight excluding hydrogens is 254 g/mol. The molecule has 0 radical (unpaired) electrons. The van der Waals surface area contributed by atoms with Crippen molar-refractivity contribution in [3.05, 3.63) is 0 Å². The summed E-state index contributed by atoms with van der Waals surface area (Å²) in [6.07, 6.45) is 7.13. The van der Waals surface area contributed by atoms with Crippen molar-refractivity contribution in [2.45, 2.75) is 65.7 Å². The number of hydrogen-bond donors (Lipinski definition) is 2. The molecule has 4 heteroatoms. The number of rotatable bonds is 5. The van der Waals surface area contributed by atoms with Crippen molar-refractivity contribution in [3.8, 4) is 0 Å². The molecule has 2 N–H and O–H groups in total. The van der Waals surface area contributed by atoms with Gasteiger partial charge in [-0.2, -0.15) is 0 Å². The first-order valence-corrected chi connectivity index (χ1v) is 7.80. The minimum Gasteiger partial charge on any atom is -0.481 e. The lowest BCUT2D eigenvalue weighted by molar-refractivity contribution is -0.142. The molecule has 20 heavy (non-hydrogen) atoms. The molecule has 1 rings (SSSR count). The summed E-state index contributed by atoms with van der Waals surface area (Å²) < 4.78 is 0. The maximum absolute atomic E-state index is 12.1. The van der Waals surface area contributed by atoms with Crippen molar-refractivity contribution in [2.24, 2.45) is 17.3 Å². The molecule has 0 aromatic rings. The van der Waals surface area contributed by atoms with Gasteiger partial charge in [0, 0.05) is 12.5 Å². The lowest BCUT2D eigenvalue weighted by Crippen LogP contribution is -2.38. The molecule has 1 fully saturated rings. The van der Waals surface area contributed by atoms with Crippen LogP contribution in [0.2, 0.25) is 0 Å². The van der Waals surface area contributed by atoms with Gasteiger partial charge in [-0.15, -0.1) is 0 Å². The molecule has 1 atom stereocenters. The van der Waals surface area contributed by atoms with E-state index < -0.39 is 11.9 Å². The van der Waals surface area contributed by atoms with Gasteiger partial charge >= 0.3 is 5.97 Å². The molecule has 4 nitrogen and oxygen atoms in total. The van der Waals surface area contributed by atoms with Crippen molar-refractivity contribution in [1.82, 2.24) is 5.32 Å². The van der Waals surface area contributed by atoms with Crippen LogP contribution in [0, 0.1) is 17.3 Å². The standard InChI is InChI=1S/C16H29NO3/c1-16(2,3)10-13(15(19)20)11-17-14(18)12-8-6-4-5-7-9-12/h12-13H,4-11H2,1-3H3,(H,17,18)(H,19,20). The Kier molecular flexibility index (Phi) is 6.50. The monoisotopic (exact) mass is 283 g/mol. The van der Waals surface area contributed by atoms with Crippen LogP contribution in [-0.4, -0.2) is 23.5 Å². The maximum atomic E-state index is 12.1. The van der Waals surface area contributed by atoms with E-state index in [0.29, 0.717) is 6.42 Å². The van der Waals surface area contributed by atoms with E-state index in [4.69, 9.17) is 0 Å².